The maximum atomic E-state index is 6.08. The quantitative estimate of drug-likeness (QED) is 0.692. The van der Waals surface area contributed by atoms with Gasteiger partial charge < -0.3 is 0 Å². The molecular formula is C11H13BrCl2. The predicted octanol–water partition coefficient (Wildman–Crippen LogP) is 4.96. The van der Waals surface area contributed by atoms with Crippen LogP contribution in [-0.4, -0.2) is 4.83 Å². The minimum Gasteiger partial charge on any atom is -0.0891 e. The van der Waals surface area contributed by atoms with Crippen molar-refractivity contribution in [3.05, 3.63) is 33.8 Å². The van der Waals surface area contributed by atoms with Gasteiger partial charge in [-0.2, -0.15) is 0 Å². The van der Waals surface area contributed by atoms with Gasteiger partial charge in [-0.1, -0.05) is 59.0 Å². The van der Waals surface area contributed by atoms with Gasteiger partial charge in [-0.25, -0.2) is 0 Å². The topological polar surface area (TPSA) is 0 Å². The third-order valence-corrected chi connectivity index (χ3v) is 3.98. The molecule has 1 rings (SSSR count). The monoisotopic (exact) mass is 294 g/mol. The van der Waals surface area contributed by atoms with Gasteiger partial charge in [0.15, 0.2) is 0 Å². The summed E-state index contributed by atoms with van der Waals surface area (Å²) in [6, 6.07) is 5.64. The molecule has 0 aliphatic carbocycles. The van der Waals surface area contributed by atoms with Gasteiger partial charge in [0, 0.05) is 14.9 Å². The van der Waals surface area contributed by atoms with Crippen LogP contribution in [0.15, 0.2) is 18.2 Å². The molecule has 0 saturated carbocycles. The molecule has 0 amide bonds. The highest BCUT2D eigenvalue weighted by molar-refractivity contribution is 9.09. The van der Waals surface area contributed by atoms with E-state index >= 15 is 0 Å². The molecule has 3 heteroatoms. The van der Waals surface area contributed by atoms with Crippen molar-refractivity contribution in [2.45, 2.75) is 25.1 Å². The van der Waals surface area contributed by atoms with E-state index in [2.05, 4.69) is 29.8 Å². The summed E-state index contributed by atoms with van der Waals surface area (Å²) in [6.07, 6.45) is 0.908. The lowest BCUT2D eigenvalue weighted by atomic mass is 9.99. The zero-order valence-electron chi connectivity index (χ0n) is 8.23. The van der Waals surface area contributed by atoms with Gasteiger partial charge in [-0.05, 0) is 30.0 Å². The molecule has 0 aliphatic rings. The highest BCUT2D eigenvalue weighted by atomic mass is 79.9. The van der Waals surface area contributed by atoms with Crippen LogP contribution in [0.4, 0.5) is 0 Å². The minimum absolute atomic E-state index is 0.467. The van der Waals surface area contributed by atoms with Crippen LogP contribution < -0.4 is 0 Å². The average molecular weight is 296 g/mol. The van der Waals surface area contributed by atoms with Crippen molar-refractivity contribution in [3.8, 4) is 0 Å². The molecule has 0 saturated heterocycles. The molecule has 0 radical (unpaired) electrons. The first kappa shape index (κ1) is 12.4. The van der Waals surface area contributed by atoms with Gasteiger partial charge in [0.2, 0.25) is 0 Å². The molecule has 0 fully saturated rings. The summed E-state index contributed by atoms with van der Waals surface area (Å²) in [5, 5.41) is 1.52. The van der Waals surface area contributed by atoms with Crippen molar-refractivity contribution in [1.29, 1.82) is 0 Å². The second kappa shape index (κ2) is 5.39. The molecule has 1 aromatic rings. The van der Waals surface area contributed by atoms with Gasteiger partial charge in [-0.15, -0.1) is 0 Å². The van der Waals surface area contributed by atoms with Crippen molar-refractivity contribution < 1.29 is 0 Å². The Bertz CT molecular complexity index is 290. The van der Waals surface area contributed by atoms with Crippen molar-refractivity contribution in [2.75, 3.05) is 0 Å². The zero-order chi connectivity index (χ0) is 10.7. The van der Waals surface area contributed by atoms with Crippen molar-refractivity contribution in [3.63, 3.8) is 0 Å². The number of rotatable bonds is 3. The van der Waals surface area contributed by atoms with Gasteiger partial charge in [0.25, 0.3) is 0 Å². The van der Waals surface area contributed by atoms with Gasteiger partial charge in [0.1, 0.15) is 0 Å². The van der Waals surface area contributed by atoms with Crippen LogP contribution in [0.2, 0.25) is 10.0 Å². The summed E-state index contributed by atoms with van der Waals surface area (Å²) in [4.78, 5) is 0.467. The fourth-order valence-corrected chi connectivity index (χ4v) is 1.95. The van der Waals surface area contributed by atoms with E-state index in [1.54, 1.807) is 0 Å². The Kier molecular flexibility index (Phi) is 4.75. The van der Waals surface area contributed by atoms with Crippen LogP contribution >= 0.6 is 39.1 Å². The lowest BCUT2D eigenvalue weighted by Crippen LogP contribution is -2.10. The van der Waals surface area contributed by atoms with Gasteiger partial charge in [0.05, 0.1) is 0 Å². The summed E-state index contributed by atoms with van der Waals surface area (Å²) >= 11 is 15.7. The van der Waals surface area contributed by atoms with E-state index in [0.717, 1.165) is 22.0 Å². The maximum Gasteiger partial charge on any atom is 0.0452 e. The minimum atomic E-state index is 0.467. The first-order valence-electron chi connectivity index (χ1n) is 4.59. The fourth-order valence-electron chi connectivity index (χ4n) is 1.21. The first-order valence-corrected chi connectivity index (χ1v) is 6.26. The molecule has 0 N–H and O–H groups in total. The summed E-state index contributed by atoms with van der Waals surface area (Å²) in [5.74, 6) is 0.521. The Hall–Kier alpha value is 0.280. The van der Waals surface area contributed by atoms with E-state index in [-0.39, 0.29) is 0 Å². The highest BCUT2D eigenvalue weighted by Crippen LogP contribution is 2.28. The molecule has 78 valence electrons. The van der Waals surface area contributed by atoms with E-state index < -0.39 is 0 Å². The van der Waals surface area contributed by atoms with E-state index in [9.17, 15) is 0 Å². The van der Waals surface area contributed by atoms with Crippen molar-refractivity contribution in [2.24, 2.45) is 5.92 Å². The van der Waals surface area contributed by atoms with E-state index in [4.69, 9.17) is 23.2 Å². The Labute approximate surface area is 104 Å². The zero-order valence-corrected chi connectivity index (χ0v) is 11.3. The number of hydrogen-bond acceptors (Lipinski definition) is 0. The Balaban J connectivity index is 2.85. The van der Waals surface area contributed by atoms with Crippen LogP contribution in [0.25, 0.3) is 0 Å². The Morgan fingerprint density at radius 2 is 1.71 bits per heavy atom. The normalized spacial score (nSPS) is 15.2. The summed E-state index contributed by atoms with van der Waals surface area (Å²) in [6.45, 7) is 4.31. The molecule has 14 heavy (non-hydrogen) atoms. The smallest absolute Gasteiger partial charge is 0.0452 e. The second-order valence-electron chi connectivity index (χ2n) is 3.56. The fraction of sp³-hybridized carbons (Fsp3) is 0.455. The summed E-state index contributed by atoms with van der Waals surface area (Å²) in [5.41, 5.74) is 1.05. The number of halogens is 3. The molecule has 1 aromatic carbocycles. The Morgan fingerprint density at radius 3 is 2.14 bits per heavy atom. The molecule has 0 spiro atoms. The molecule has 0 nitrogen and oxygen atoms in total. The van der Waals surface area contributed by atoms with Crippen LogP contribution in [0.5, 0.6) is 0 Å². The largest absolute Gasteiger partial charge is 0.0891 e. The number of alkyl halides is 1. The molecule has 0 aliphatic heterocycles. The first-order chi connectivity index (χ1) is 6.52. The average Bonchev–Trinajstić information content (AvgIpc) is 2.11. The molecule has 0 bridgehead atoms. The van der Waals surface area contributed by atoms with E-state index in [1.807, 2.05) is 18.2 Å². The van der Waals surface area contributed by atoms with Crippen molar-refractivity contribution in [1.82, 2.24) is 0 Å². The molecular weight excluding hydrogens is 283 g/mol. The van der Waals surface area contributed by atoms with E-state index in [1.165, 1.54) is 0 Å². The highest BCUT2D eigenvalue weighted by Gasteiger charge is 2.13. The van der Waals surface area contributed by atoms with Crippen LogP contribution in [0.1, 0.15) is 19.4 Å². The third kappa shape index (κ3) is 3.15. The number of benzene rings is 1. The van der Waals surface area contributed by atoms with E-state index in [0.29, 0.717) is 10.7 Å². The van der Waals surface area contributed by atoms with Gasteiger partial charge >= 0.3 is 0 Å². The lowest BCUT2D eigenvalue weighted by molar-refractivity contribution is 0.581. The SMILES string of the molecule is CC(Br)C(C)Cc1c(Cl)cccc1Cl. The van der Waals surface area contributed by atoms with Gasteiger partial charge in [-0.3, -0.25) is 0 Å². The third-order valence-electron chi connectivity index (χ3n) is 2.37. The molecule has 2 unspecified atom stereocenters. The maximum absolute atomic E-state index is 6.08. The molecule has 0 heterocycles. The predicted molar refractivity (Wildman–Crippen MR) is 67.7 cm³/mol. The summed E-state index contributed by atoms with van der Waals surface area (Å²) in [7, 11) is 0. The Morgan fingerprint density at radius 1 is 1.21 bits per heavy atom. The van der Waals surface area contributed by atoms with Crippen LogP contribution in [0, 0.1) is 5.92 Å². The molecule has 0 aromatic heterocycles. The standard InChI is InChI=1S/C11H13BrCl2/c1-7(8(2)12)6-9-10(13)4-3-5-11(9)14/h3-5,7-8H,6H2,1-2H3. The van der Waals surface area contributed by atoms with Crippen LogP contribution in [0.3, 0.4) is 0 Å². The molecule has 2 atom stereocenters. The second-order valence-corrected chi connectivity index (χ2v) is 5.82. The lowest BCUT2D eigenvalue weighted by Gasteiger charge is -2.15. The summed E-state index contributed by atoms with van der Waals surface area (Å²) < 4.78 is 0. The number of hydrogen-bond donors (Lipinski definition) is 0. The van der Waals surface area contributed by atoms with Crippen LogP contribution in [-0.2, 0) is 6.42 Å². The van der Waals surface area contributed by atoms with Crippen molar-refractivity contribution >= 4 is 39.1 Å².